The summed E-state index contributed by atoms with van der Waals surface area (Å²) in [5.41, 5.74) is 0. The molecular weight excluding hydrogens is 140 g/mol. The molecule has 0 radical (unpaired) electrons. The minimum Gasteiger partial charge on any atom is -0.498 e. The Morgan fingerprint density at radius 3 is 3.00 bits per heavy atom. The van der Waals surface area contributed by atoms with Gasteiger partial charge in [-0.3, -0.25) is 0 Å². The zero-order chi connectivity index (χ0) is 8.27. The summed E-state index contributed by atoms with van der Waals surface area (Å²) < 4.78 is 5.32. The molecule has 1 atom stereocenters. The number of Topliss-reactive ketones (excluding diaryl/α,β-unsaturated/α-hetero) is 1. The molecule has 0 amide bonds. The van der Waals surface area contributed by atoms with E-state index in [0.717, 1.165) is 18.8 Å². The number of rotatable bonds is 3. The first kappa shape index (κ1) is 8.31. The molecule has 62 valence electrons. The van der Waals surface area contributed by atoms with Crippen LogP contribution in [0.2, 0.25) is 0 Å². The molecule has 1 unspecified atom stereocenters. The molecule has 0 spiro atoms. The third kappa shape index (κ3) is 2.74. The van der Waals surface area contributed by atoms with E-state index in [2.05, 4.69) is 13.0 Å². The molecule has 0 bridgehead atoms. The van der Waals surface area contributed by atoms with E-state index in [-0.39, 0.29) is 5.78 Å². The standard InChI is InChI=1S/C9H14O2/c1-7-5-9(11-6-7)4-3-8(2)10/h5,7H,3-4,6H2,1-2H3. The van der Waals surface area contributed by atoms with Crippen LogP contribution in [0.3, 0.4) is 0 Å². The van der Waals surface area contributed by atoms with Gasteiger partial charge in [-0.2, -0.15) is 0 Å². The largest absolute Gasteiger partial charge is 0.498 e. The van der Waals surface area contributed by atoms with Gasteiger partial charge in [0.1, 0.15) is 5.78 Å². The average molecular weight is 154 g/mol. The van der Waals surface area contributed by atoms with Gasteiger partial charge in [0.25, 0.3) is 0 Å². The van der Waals surface area contributed by atoms with Crippen molar-refractivity contribution < 1.29 is 9.53 Å². The minimum absolute atomic E-state index is 0.231. The van der Waals surface area contributed by atoms with Gasteiger partial charge in [0.2, 0.25) is 0 Å². The molecule has 2 heteroatoms. The number of ether oxygens (including phenoxy) is 1. The Bertz CT molecular complexity index is 182. The Morgan fingerprint density at radius 2 is 2.55 bits per heavy atom. The van der Waals surface area contributed by atoms with Crippen LogP contribution >= 0.6 is 0 Å². The molecule has 0 aliphatic carbocycles. The second-order valence-corrected chi connectivity index (χ2v) is 3.12. The van der Waals surface area contributed by atoms with Gasteiger partial charge in [0, 0.05) is 18.8 Å². The van der Waals surface area contributed by atoms with Crippen molar-refractivity contribution in [3.05, 3.63) is 11.8 Å². The van der Waals surface area contributed by atoms with Crippen molar-refractivity contribution in [1.82, 2.24) is 0 Å². The van der Waals surface area contributed by atoms with Gasteiger partial charge in [0.15, 0.2) is 0 Å². The van der Waals surface area contributed by atoms with Gasteiger partial charge < -0.3 is 9.53 Å². The summed E-state index contributed by atoms with van der Waals surface area (Å²) in [7, 11) is 0. The zero-order valence-corrected chi connectivity index (χ0v) is 7.09. The highest BCUT2D eigenvalue weighted by molar-refractivity contribution is 5.75. The van der Waals surface area contributed by atoms with Crippen LogP contribution in [0.1, 0.15) is 26.7 Å². The fraction of sp³-hybridized carbons (Fsp3) is 0.667. The fourth-order valence-electron chi connectivity index (χ4n) is 1.11. The summed E-state index contributed by atoms with van der Waals surface area (Å²) in [5.74, 6) is 1.75. The Morgan fingerprint density at radius 1 is 1.82 bits per heavy atom. The second-order valence-electron chi connectivity index (χ2n) is 3.12. The number of carbonyl (C=O) groups is 1. The van der Waals surface area contributed by atoms with Crippen LogP contribution < -0.4 is 0 Å². The van der Waals surface area contributed by atoms with Gasteiger partial charge in [-0.15, -0.1) is 0 Å². The molecule has 1 heterocycles. The van der Waals surface area contributed by atoms with Crippen LogP contribution in [0.5, 0.6) is 0 Å². The zero-order valence-electron chi connectivity index (χ0n) is 7.09. The average Bonchev–Trinajstić information content (AvgIpc) is 2.31. The molecule has 1 rings (SSSR count). The molecule has 0 aromatic carbocycles. The lowest BCUT2D eigenvalue weighted by Gasteiger charge is -2.00. The van der Waals surface area contributed by atoms with Gasteiger partial charge >= 0.3 is 0 Å². The van der Waals surface area contributed by atoms with Gasteiger partial charge in [0.05, 0.1) is 12.4 Å². The highest BCUT2D eigenvalue weighted by atomic mass is 16.5. The first-order valence-corrected chi connectivity index (χ1v) is 4.01. The number of carbonyl (C=O) groups excluding carboxylic acids is 1. The first-order valence-electron chi connectivity index (χ1n) is 4.01. The second kappa shape index (κ2) is 3.56. The van der Waals surface area contributed by atoms with E-state index in [4.69, 9.17) is 4.74 Å². The molecule has 1 aliphatic heterocycles. The maximum absolute atomic E-state index is 10.6. The predicted octanol–water partition coefficient (Wildman–Crippen LogP) is 1.91. The van der Waals surface area contributed by atoms with Crippen LogP contribution in [0.4, 0.5) is 0 Å². The van der Waals surface area contributed by atoms with E-state index in [1.165, 1.54) is 0 Å². The van der Waals surface area contributed by atoms with Crippen molar-refractivity contribution in [2.45, 2.75) is 26.7 Å². The van der Waals surface area contributed by atoms with Gasteiger partial charge in [-0.1, -0.05) is 6.92 Å². The molecule has 1 aliphatic rings. The van der Waals surface area contributed by atoms with Crippen molar-refractivity contribution in [2.75, 3.05) is 6.61 Å². The fourth-order valence-corrected chi connectivity index (χ4v) is 1.11. The van der Waals surface area contributed by atoms with Crippen LogP contribution in [-0.2, 0) is 9.53 Å². The summed E-state index contributed by atoms with van der Waals surface area (Å²) in [6.07, 6.45) is 3.49. The van der Waals surface area contributed by atoms with Crippen LogP contribution in [-0.4, -0.2) is 12.4 Å². The maximum atomic E-state index is 10.6. The van der Waals surface area contributed by atoms with Crippen molar-refractivity contribution in [2.24, 2.45) is 5.92 Å². The summed E-state index contributed by atoms with van der Waals surface area (Å²) in [5, 5.41) is 0. The molecule has 11 heavy (non-hydrogen) atoms. The minimum atomic E-state index is 0.231. The van der Waals surface area contributed by atoms with E-state index in [1.54, 1.807) is 6.92 Å². The predicted molar refractivity (Wildman–Crippen MR) is 43.1 cm³/mol. The maximum Gasteiger partial charge on any atom is 0.130 e. The smallest absolute Gasteiger partial charge is 0.130 e. The highest BCUT2D eigenvalue weighted by Crippen LogP contribution is 2.19. The van der Waals surface area contributed by atoms with Crippen LogP contribution in [0, 0.1) is 5.92 Å². The summed E-state index contributed by atoms with van der Waals surface area (Å²) >= 11 is 0. The van der Waals surface area contributed by atoms with Crippen molar-refractivity contribution in [1.29, 1.82) is 0 Å². The third-order valence-corrected chi connectivity index (χ3v) is 1.73. The molecular formula is C9H14O2. The lowest BCUT2D eigenvalue weighted by atomic mass is 10.1. The van der Waals surface area contributed by atoms with Gasteiger partial charge in [-0.25, -0.2) is 0 Å². The number of ketones is 1. The Hall–Kier alpha value is -0.790. The molecule has 0 aromatic rings. The van der Waals surface area contributed by atoms with Crippen LogP contribution in [0.15, 0.2) is 11.8 Å². The van der Waals surface area contributed by atoms with E-state index < -0.39 is 0 Å². The molecule has 0 aromatic heterocycles. The quantitative estimate of drug-likeness (QED) is 0.620. The number of allylic oxidation sites excluding steroid dienone is 1. The Balaban J connectivity index is 2.27. The molecule has 0 saturated carbocycles. The first-order chi connectivity index (χ1) is 5.18. The van der Waals surface area contributed by atoms with E-state index >= 15 is 0 Å². The highest BCUT2D eigenvalue weighted by Gasteiger charge is 2.12. The summed E-state index contributed by atoms with van der Waals surface area (Å²) in [6, 6.07) is 0. The molecule has 0 N–H and O–H groups in total. The van der Waals surface area contributed by atoms with E-state index in [0.29, 0.717) is 12.3 Å². The number of hydrogen-bond acceptors (Lipinski definition) is 2. The summed E-state index contributed by atoms with van der Waals surface area (Å²) in [4.78, 5) is 10.6. The van der Waals surface area contributed by atoms with E-state index in [1.807, 2.05) is 0 Å². The number of hydrogen-bond donors (Lipinski definition) is 0. The molecule has 0 fully saturated rings. The van der Waals surface area contributed by atoms with Gasteiger partial charge in [-0.05, 0) is 13.0 Å². The SMILES string of the molecule is CC(=O)CCC1=CC(C)CO1. The van der Waals surface area contributed by atoms with E-state index in [9.17, 15) is 4.79 Å². The lowest BCUT2D eigenvalue weighted by Crippen LogP contribution is -1.93. The molecule has 2 nitrogen and oxygen atoms in total. The van der Waals surface area contributed by atoms with Crippen molar-refractivity contribution in [3.63, 3.8) is 0 Å². The normalized spacial score (nSPS) is 22.7. The molecule has 0 saturated heterocycles. The van der Waals surface area contributed by atoms with Crippen molar-refractivity contribution in [3.8, 4) is 0 Å². The topological polar surface area (TPSA) is 26.3 Å². The monoisotopic (exact) mass is 154 g/mol. The van der Waals surface area contributed by atoms with Crippen molar-refractivity contribution >= 4 is 5.78 Å². The Kier molecular flexibility index (Phi) is 2.69. The summed E-state index contributed by atoms with van der Waals surface area (Å²) in [6.45, 7) is 4.51. The third-order valence-electron chi connectivity index (χ3n) is 1.73. The Labute approximate surface area is 67.2 Å². The lowest BCUT2D eigenvalue weighted by molar-refractivity contribution is -0.117. The van der Waals surface area contributed by atoms with Crippen LogP contribution in [0.25, 0.3) is 0 Å².